The summed E-state index contributed by atoms with van der Waals surface area (Å²) in [5, 5.41) is 3.21. The zero-order chi connectivity index (χ0) is 8.36. The Morgan fingerprint density at radius 2 is 2.27 bits per heavy atom. The fourth-order valence-corrected chi connectivity index (χ4v) is 0.796. The molecule has 0 saturated heterocycles. The van der Waals surface area contributed by atoms with Crippen molar-refractivity contribution < 1.29 is 0 Å². The Balaban J connectivity index is 2.86. The first-order valence-electron chi connectivity index (χ1n) is 3.81. The van der Waals surface area contributed by atoms with Crippen molar-refractivity contribution in [2.45, 2.75) is 19.3 Å². The fourth-order valence-electron chi connectivity index (χ4n) is 0.707. The van der Waals surface area contributed by atoms with Crippen LogP contribution in [0.5, 0.6) is 0 Å². The standard InChI is InChI=1S/C9H14ClN/c1-2-3-4-5-8-11-9-6-7-10/h1,6-7,11H,3-5,8-9H2/b7-6+. The van der Waals surface area contributed by atoms with Gasteiger partial charge < -0.3 is 5.32 Å². The van der Waals surface area contributed by atoms with Gasteiger partial charge in [-0.1, -0.05) is 17.7 Å². The Hall–Kier alpha value is -0.450. The Bertz CT molecular complexity index is 135. The third kappa shape index (κ3) is 9.55. The van der Waals surface area contributed by atoms with E-state index in [9.17, 15) is 0 Å². The minimum Gasteiger partial charge on any atom is -0.313 e. The van der Waals surface area contributed by atoms with E-state index in [4.69, 9.17) is 18.0 Å². The normalized spacial score (nSPS) is 10.2. The van der Waals surface area contributed by atoms with Crippen LogP contribution < -0.4 is 5.32 Å². The SMILES string of the molecule is C#CCCCCNC/C=C/Cl. The van der Waals surface area contributed by atoms with Crippen LogP contribution in [0.3, 0.4) is 0 Å². The summed E-state index contributed by atoms with van der Waals surface area (Å²) in [4.78, 5) is 0. The van der Waals surface area contributed by atoms with E-state index in [0.717, 1.165) is 32.4 Å². The predicted octanol–water partition coefficient (Wildman–Crippen LogP) is 2.13. The lowest BCUT2D eigenvalue weighted by atomic mass is 10.2. The molecule has 0 aliphatic rings. The van der Waals surface area contributed by atoms with E-state index in [2.05, 4.69) is 11.2 Å². The lowest BCUT2D eigenvalue weighted by molar-refractivity contribution is 0.665. The molecule has 0 aliphatic heterocycles. The van der Waals surface area contributed by atoms with Crippen LogP contribution in [0, 0.1) is 12.3 Å². The Morgan fingerprint density at radius 3 is 2.91 bits per heavy atom. The van der Waals surface area contributed by atoms with Crippen LogP contribution in [0.2, 0.25) is 0 Å². The molecule has 0 bridgehead atoms. The van der Waals surface area contributed by atoms with Gasteiger partial charge in [0.25, 0.3) is 0 Å². The van der Waals surface area contributed by atoms with Gasteiger partial charge in [-0.25, -0.2) is 0 Å². The molecule has 1 N–H and O–H groups in total. The van der Waals surface area contributed by atoms with Gasteiger partial charge in [-0.3, -0.25) is 0 Å². The van der Waals surface area contributed by atoms with Gasteiger partial charge in [0.1, 0.15) is 0 Å². The maximum atomic E-state index is 5.32. The maximum Gasteiger partial charge on any atom is 0.0146 e. The van der Waals surface area contributed by atoms with Crippen LogP contribution in [-0.4, -0.2) is 13.1 Å². The minimum atomic E-state index is 0.847. The quantitative estimate of drug-likeness (QED) is 0.477. The van der Waals surface area contributed by atoms with Crippen LogP contribution in [0.4, 0.5) is 0 Å². The highest BCUT2D eigenvalue weighted by Gasteiger charge is 1.84. The molecule has 0 unspecified atom stereocenters. The van der Waals surface area contributed by atoms with Crippen molar-refractivity contribution in [3.05, 3.63) is 11.6 Å². The Kier molecular flexibility index (Phi) is 9.16. The summed E-state index contributed by atoms with van der Waals surface area (Å²) >= 11 is 5.32. The summed E-state index contributed by atoms with van der Waals surface area (Å²) in [7, 11) is 0. The van der Waals surface area contributed by atoms with Crippen LogP contribution >= 0.6 is 11.6 Å². The summed E-state index contributed by atoms with van der Waals surface area (Å²) in [5.74, 6) is 2.61. The molecule has 0 saturated carbocycles. The molecule has 0 atom stereocenters. The minimum absolute atomic E-state index is 0.847. The molecule has 0 aliphatic carbocycles. The lowest BCUT2D eigenvalue weighted by Gasteiger charge is -1.98. The number of nitrogens with one attached hydrogen (secondary N) is 1. The van der Waals surface area contributed by atoms with Crippen molar-refractivity contribution in [3.63, 3.8) is 0 Å². The van der Waals surface area contributed by atoms with Gasteiger partial charge in [0, 0.05) is 18.5 Å². The van der Waals surface area contributed by atoms with Gasteiger partial charge in [0.2, 0.25) is 0 Å². The van der Waals surface area contributed by atoms with Crippen molar-refractivity contribution in [2.24, 2.45) is 0 Å². The van der Waals surface area contributed by atoms with Crippen molar-refractivity contribution in [1.29, 1.82) is 0 Å². The molecule has 0 rings (SSSR count). The largest absolute Gasteiger partial charge is 0.313 e. The van der Waals surface area contributed by atoms with Crippen molar-refractivity contribution in [1.82, 2.24) is 5.32 Å². The monoisotopic (exact) mass is 171 g/mol. The average molecular weight is 172 g/mol. The lowest BCUT2D eigenvalue weighted by Crippen LogP contribution is -2.14. The summed E-state index contributed by atoms with van der Waals surface area (Å²) in [6.07, 6.45) is 10.1. The second-order valence-electron chi connectivity index (χ2n) is 2.23. The van der Waals surface area contributed by atoms with E-state index < -0.39 is 0 Å². The summed E-state index contributed by atoms with van der Waals surface area (Å²) < 4.78 is 0. The maximum absolute atomic E-state index is 5.32. The number of terminal acetylenes is 1. The van der Waals surface area contributed by atoms with E-state index >= 15 is 0 Å². The van der Waals surface area contributed by atoms with E-state index in [1.807, 2.05) is 6.08 Å². The molecule has 0 spiro atoms. The molecule has 0 aromatic carbocycles. The Morgan fingerprint density at radius 1 is 1.45 bits per heavy atom. The first-order valence-corrected chi connectivity index (χ1v) is 4.25. The predicted molar refractivity (Wildman–Crippen MR) is 50.5 cm³/mol. The van der Waals surface area contributed by atoms with Crippen LogP contribution in [0.15, 0.2) is 11.6 Å². The van der Waals surface area contributed by atoms with E-state index in [1.165, 1.54) is 5.54 Å². The molecule has 62 valence electrons. The van der Waals surface area contributed by atoms with E-state index in [1.54, 1.807) is 0 Å². The first-order chi connectivity index (χ1) is 5.41. The number of rotatable bonds is 6. The number of halogens is 1. The van der Waals surface area contributed by atoms with Gasteiger partial charge in [0.05, 0.1) is 0 Å². The summed E-state index contributed by atoms with van der Waals surface area (Å²) in [5.41, 5.74) is 1.52. The second kappa shape index (κ2) is 9.55. The zero-order valence-electron chi connectivity index (χ0n) is 6.65. The van der Waals surface area contributed by atoms with Gasteiger partial charge in [-0.05, 0) is 19.4 Å². The van der Waals surface area contributed by atoms with Crippen LogP contribution in [0.1, 0.15) is 19.3 Å². The van der Waals surface area contributed by atoms with Gasteiger partial charge in [0.15, 0.2) is 0 Å². The average Bonchev–Trinajstić information content (AvgIpc) is 2.03. The highest BCUT2D eigenvalue weighted by atomic mass is 35.5. The summed E-state index contributed by atoms with van der Waals surface area (Å²) in [6, 6.07) is 0. The second-order valence-corrected chi connectivity index (χ2v) is 2.48. The van der Waals surface area contributed by atoms with Crippen LogP contribution in [-0.2, 0) is 0 Å². The first kappa shape index (κ1) is 10.6. The van der Waals surface area contributed by atoms with E-state index in [0.29, 0.717) is 0 Å². The van der Waals surface area contributed by atoms with E-state index in [-0.39, 0.29) is 0 Å². The smallest absolute Gasteiger partial charge is 0.0146 e. The molecule has 0 fully saturated rings. The van der Waals surface area contributed by atoms with Crippen molar-refractivity contribution >= 4 is 11.6 Å². The highest BCUT2D eigenvalue weighted by molar-refractivity contribution is 6.25. The molecule has 0 amide bonds. The molecule has 0 heterocycles. The van der Waals surface area contributed by atoms with Crippen LogP contribution in [0.25, 0.3) is 0 Å². The van der Waals surface area contributed by atoms with Gasteiger partial charge in [-0.15, -0.1) is 12.3 Å². The Labute approximate surface area is 73.8 Å². The molecular weight excluding hydrogens is 158 g/mol. The third-order valence-corrected chi connectivity index (χ3v) is 1.45. The summed E-state index contributed by atoms with van der Waals surface area (Å²) in [6.45, 7) is 1.86. The number of unbranched alkanes of at least 4 members (excludes halogenated alkanes) is 2. The van der Waals surface area contributed by atoms with Crippen molar-refractivity contribution in [3.8, 4) is 12.3 Å². The molecule has 0 aromatic heterocycles. The zero-order valence-corrected chi connectivity index (χ0v) is 7.40. The topological polar surface area (TPSA) is 12.0 Å². The number of hydrogen-bond acceptors (Lipinski definition) is 1. The molecule has 2 heteroatoms. The molecule has 0 radical (unpaired) electrons. The fraction of sp³-hybridized carbons (Fsp3) is 0.556. The number of hydrogen-bond donors (Lipinski definition) is 1. The molecule has 1 nitrogen and oxygen atoms in total. The third-order valence-electron chi connectivity index (χ3n) is 1.28. The molecule has 0 aromatic rings. The van der Waals surface area contributed by atoms with Crippen molar-refractivity contribution in [2.75, 3.05) is 13.1 Å². The molecule has 11 heavy (non-hydrogen) atoms. The highest BCUT2D eigenvalue weighted by Crippen LogP contribution is 1.90. The van der Waals surface area contributed by atoms with Gasteiger partial charge >= 0.3 is 0 Å². The van der Waals surface area contributed by atoms with Gasteiger partial charge in [-0.2, -0.15) is 0 Å². The molecular formula is C9H14ClN.